The van der Waals surface area contributed by atoms with E-state index in [2.05, 4.69) is 10.3 Å². The zero-order valence-corrected chi connectivity index (χ0v) is 15.3. The first kappa shape index (κ1) is 17.3. The molecule has 128 valence electrons. The van der Waals surface area contributed by atoms with E-state index in [1.807, 2.05) is 19.9 Å². The summed E-state index contributed by atoms with van der Waals surface area (Å²) in [6, 6.07) is 13.5. The van der Waals surface area contributed by atoms with Crippen molar-refractivity contribution in [3.05, 3.63) is 70.6 Å². The first-order valence-corrected chi connectivity index (χ1v) is 9.88. The maximum atomic E-state index is 12.5. The van der Waals surface area contributed by atoms with E-state index in [9.17, 15) is 13.2 Å². The third-order valence-corrected chi connectivity index (χ3v) is 6.36. The average molecular weight is 372 g/mol. The average Bonchev–Trinajstić information content (AvgIpc) is 3.07. The van der Waals surface area contributed by atoms with Crippen LogP contribution in [-0.2, 0) is 9.84 Å². The highest BCUT2D eigenvalue weighted by Gasteiger charge is 2.21. The molecule has 2 aromatic carbocycles. The topological polar surface area (TPSA) is 76.1 Å². The van der Waals surface area contributed by atoms with Crippen LogP contribution >= 0.6 is 11.3 Å². The third kappa shape index (κ3) is 3.62. The lowest BCUT2D eigenvalue weighted by atomic mass is 10.1. The molecule has 1 aromatic heterocycles. The van der Waals surface area contributed by atoms with Gasteiger partial charge in [0.05, 0.1) is 4.90 Å². The van der Waals surface area contributed by atoms with Gasteiger partial charge in [-0.05, 0) is 49.2 Å². The van der Waals surface area contributed by atoms with Crippen LogP contribution in [0.3, 0.4) is 0 Å². The Kier molecular flexibility index (Phi) is 4.69. The number of nitrogens with zero attached hydrogens (tertiary/aromatic N) is 1. The molecular formula is C18H16N2O3S2. The number of carbonyl (C=O) groups is 1. The quantitative estimate of drug-likeness (QED) is 0.755. The molecule has 0 aliphatic carbocycles. The molecule has 7 heteroatoms. The van der Waals surface area contributed by atoms with Crippen LogP contribution in [-0.4, -0.2) is 19.3 Å². The first-order valence-electron chi connectivity index (χ1n) is 7.52. The molecule has 0 saturated heterocycles. The van der Waals surface area contributed by atoms with Crippen molar-refractivity contribution in [3.63, 3.8) is 0 Å². The van der Waals surface area contributed by atoms with Crippen molar-refractivity contribution in [1.82, 2.24) is 4.98 Å². The second kappa shape index (κ2) is 6.78. The molecule has 0 radical (unpaired) electrons. The number of thiazole rings is 1. The SMILES string of the molecule is Cc1ccc(C(=O)Nc2nc(S(=O)(=O)c3ccccc3)cs2)cc1C. The number of amides is 1. The smallest absolute Gasteiger partial charge is 0.257 e. The molecule has 3 rings (SSSR count). The highest BCUT2D eigenvalue weighted by atomic mass is 32.2. The van der Waals surface area contributed by atoms with Gasteiger partial charge in [-0.3, -0.25) is 10.1 Å². The van der Waals surface area contributed by atoms with Crippen LogP contribution in [0.5, 0.6) is 0 Å². The van der Waals surface area contributed by atoms with Crippen molar-refractivity contribution in [2.75, 3.05) is 5.32 Å². The van der Waals surface area contributed by atoms with Crippen molar-refractivity contribution in [1.29, 1.82) is 0 Å². The number of sulfone groups is 1. The van der Waals surface area contributed by atoms with Crippen LogP contribution in [0.4, 0.5) is 5.13 Å². The fraction of sp³-hybridized carbons (Fsp3) is 0.111. The molecule has 0 saturated carbocycles. The molecule has 0 atom stereocenters. The van der Waals surface area contributed by atoms with Gasteiger partial charge in [-0.2, -0.15) is 0 Å². The molecule has 0 unspecified atom stereocenters. The molecular weight excluding hydrogens is 356 g/mol. The van der Waals surface area contributed by atoms with Gasteiger partial charge in [0, 0.05) is 10.9 Å². The second-order valence-electron chi connectivity index (χ2n) is 5.56. The van der Waals surface area contributed by atoms with Crippen LogP contribution in [0.1, 0.15) is 21.5 Å². The Bertz CT molecular complexity index is 1030. The number of benzene rings is 2. The van der Waals surface area contributed by atoms with Gasteiger partial charge in [-0.15, -0.1) is 11.3 Å². The van der Waals surface area contributed by atoms with E-state index in [4.69, 9.17) is 0 Å². The summed E-state index contributed by atoms with van der Waals surface area (Å²) >= 11 is 1.08. The first-order chi connectivity index (χ1) is 11.9. The van der Waals surface area contributed by atoms with E-state index >= 15 is 0 Å². The minimum atomic E-state index is -3.68. The molecule has 1 amide bonds. The molecule has 0 spiro atoms. The van der Waals surface area contributed by atoms with E-state index < -0.39 is 9.84 Å². The van der Waals surface area contributed by atoms with Crippen molar-refractivity contribution in [2.45, 2.75) is 23.8 Å². The highest BCUT2D eigenvalue weighted by molar-refractivity contribution is 7.91. The van der Waals surface area contributed by atoms with Crippen LogP contribution in [0, 0.1) is 13.8 Å². The maximum absolute atomic E-state index is 12.5. The zero-order valence-electron chi connectivity index (χ0n) is 13.7. The van der Waals surface area contributed by atoms with Crippen LogP contribution in [0.25, 0.3) is 0 Å². The maximum Gasteiger partial charge on any atom is 0.257 e. The van der Waals surface area contributed by atoms with Gasteiger partial charge in [-0.1, -0.05) is 24.3 Å². The number of anilines is 1. The predicted molar refractivity (Wildman–Crippen MR) is 97.9 cm³/mol. The van der Waals surface area contributed by atoms with Gasteiger partial charge in [-0.25, -0.2) is 13.4 Å². The number of nitrogens with one attached hydrogen (secondary N) is 1. The molecule has 3 aromatic rings. The summed E-state index contributed by atoms with van der Waals surface area (Å²) < 4.78 is 25.0. The zero-order chi connectivity index (χ0) is 18.0. The summed E-state index contributed by atoms with van der Waals surface area (Å²) in [5, 5.41) is 4.26. The van der Waals surface area contributed by atoms with E-state index in [1.165, 1.54) is 17.5 Å². The van der Waals surface area contributed by atoms with Crippen molar-refractivity contribution in [3.8, 4) is 0 Å². The van der Waals surface area contributed by atoms with Crippen molar-refractivity contribution in [2.24, 2.45) is 0 Å². The van der Waals surface area contributed by atoms with E-state index in [0.717, 1.165) is 22.5 Å². The van der Waals surface area contributed by atoms with Crippen molar-refractivity contribution >= 4 is 32.2 Å². The van der Waals surface area contributed by atoms with E-state index in [1.54, 1.807) is 30.3 Å². The molecule has 0 aliphatic rings. The number of hydrogen-bond donors (Lipinski definition) is 1. The minimum absolute atomic E-state index is 0.0703. The van der Waals surface area contributed by atoms with Gasteiger partial charge in [0.15, 0.2) is 10.2 Å². The number of rotatable bonds is 4. The summed E-state index contributed by atoms with van der Waals surface area (Å²) in [6.45, 7) is 3.90. The molecule has 0 fully saturated rings. The lowest BCUT2D eigenvalue weighted by Crippen LogP contribution is -2.12. The number of hydrogen-bond acceptors (Lipinski definition) is 5. The summed E-state index contributed by atoms with van der Waals surface area (Å²) in [5.74, 6) is -0.318. The largest absolute Gasteiger partial charge is 0.298 e. The summed E-state index contributed by atoms with van der Waals surface area (Å²) in [5.41, 5.74) is 2.62. The standard InChI is InChI=1S/C18H16N2O3S2/c1-12-8-9-14(10-13(12)2)17(21)20-18-19-16(11-24-18)25(22,23)15-6-4-3-5-7-15/h3-11H,1-2H3,(H,19,20,21). The molecule has 5 nitrogen and oxygen atoms in total. The highest BCUT2D eigenvalue weighted by Crippen LogP contribution is 2.25. The minimum Gasteiger partial charge on any atom is -0.298 e. The van der Waals surface area contributed by atoms with Crippen molar-refractivity contribution < 1.29 is 13.2 Å². The lowest BCUT2D eigenvalue weighted by Gasteiger charge is -2.05. The van der Waals surface area contributed by atoms with Gasteiger partial charge < -0.3 is 0 Å². The Morgan fingerprint density at radius 2 is 1.76 bits per heavy atom. The Morgan fingerprint density at radius 1 is 1.04 bits per heavy atom. The molecule has 0 bridgehead atoms. The lowest BCUT2D eigenvalue weighted by molar-refractivity contribution is 0.102. The normalized spacial score (nSPS) is 11.3. The van der Waals surface area contributed by atoms with Gasteiger partial charge >= 0.3 is 0 Å². The third-order valence-electron chi connectivity index (χ3n) is 3.80. The van der Waals surface area contributed by atoms with E-state index in [0.29, 0.717) is 5.56 Å². The monoisotopic (exact) mass is 372 g/mol. The Morgan fingerprint density at radius 3 is 2.44 bits per heavy atom. The van der Waals surface area contributed by atoms with Gasteiger partial charge in [0.1, 0.15) is 0 Å². The molecule has 1 heterocycles. The Labute approximate surface area is 150 Å². The number of carbonyl (C=O) groups excluding carboxylic acids is 1. The molecule has 0 aliphatic heterocycles. The van der Waals surface area contributed by atoms with Gasteiger partial charge in [0.25, 0.3) is 5.91 Å². The number of aromatic nitrogens is 1. The second-order valence-corrected chi connectivity index (χ2v) is 8.32. The number of aryl methyl sites for hydroxylation is 2. The van der Waals surface area contributed by atoms with E-state index in [-0.39, 0.29) is 21.0 Å². The molecule has 25 heavy (non-hydrogen) atoms. The predicted octanol–water partition coefficient (Wildman–Crippen LogP) is 3.85. The summed E-state index contributed by atoms with van der Waals surface area (Å²) in [7, 11) is -3.68. The van der Waals surface area contributed by atoms with Crippen LogP contribution < -0.4 is 5.32 Å². The Hall–Kier alpha value is -2.51. The van der Waals surface area contributed by atoms with Crippen LogP contribution in [0.2, 0.25) is 0 Å². The fourth-order valence-electron chi connectivity index (χ4n) is 2.21. The summed E-state index contributed by atoms with van der Waals surface area (Å²) in [6.07, 6.45) is 0. The summed E-state index contributed by atoms with van der Waals surface area (Å²) in [4.78, 5) is 16.5. The fourth-order valence-corrected chi connectivity index (χ4v) is 4.46. The van der Waals surface area contributed by atoms with Crippen LogP contribution in [0.15, 0.2) is 63.8 Å². The molecule has 1 N–H and O–H groups in total. The van der Waals surface area contributed by atoms with Gasteiger partial charge in [0.2, 0.25) is 9.84 Å². The Balaban J connectivity index is 1.82.